The fourth-order valence-electron chi connectivity index (χ4n) is 3.13. The standard InChI is InChI=1S/C23H32NO4P/c1-15(2)19-7-11-21(12-8-19)27-29(26,23(17(5)24)18(6)25)28-22-13-9-20(10-14-22)16(3)4/h7-17,23H,24H2,1-6H3. The zero-order chi connectivity index (χ0) is 21.8. The van der Waals surface area contributed by atoms with Gasteiger partial charge in [0.1, 0.15) is 17.3 Å². The van der Waals surface area contributed by atoms with Crippen LogP contribution in [0.3, 0.4) is 0 Å². The molecule has 0 fully saturated rings. The van der Waals surface area contributed by atoms with E-state index in [0.29, 0.717) is 23.3 Å². The molecule has 0 amide bonds. The topological polar surface area (TPSA) is 78.6 Å². The van der Waals surface area contributed by atoms with Crippen molar-refractivity contribution >= 4 is 13.4 Å². The van der Waals surface area contributed by atoms with Crippen LogP contribution in [0.1, 0.15) is 64.5 Å². The first-order valence-corrected chi connectivity index (χ1v) is 11.6. The molecule has 2 aromatic carbocycles. The molecule has 0 aliphatic carbocycles. The molecule has 29 heavy (non-hydrogen) atoms. The van der Waals surface area contributed by atoms with Crippen LogP contribution in [0, 0.1) is 0 Å². The Hall–Kier alpha value is -2.10. The predicted molar refractivity (Wildman–Crippen MR) is 118 cm³/mol. The van der Waals surface area contributed by atoms with Gasteiger partial charge in [0.15, 0.2) is 5.66 Å². The fraction of sp³-hybridized carbons (Fsp3) is 0.435. The van der Waals surface area contributed by atoms with Crippen LogP contribution in [-0.4, -0.2) is 17.5 Å². The Bertz CT molecular complexity index is 800. The van der Waals surface area contributed by atoms with Gasteiger partial charge in [-0.15, -0.1) is 0 Å². The third-order valence-corrected chi connectivity index (χ3v) is 7.26. The van der Waals surface area contributed by atoms with E-state index in [9.17, 15) is 9.36 Å². The van der Waals surface area contributed by atoms with Crippen molar-refractivity contribution in [1.82, 2.24) is 0 Å². The first kappa shape index (κ1) is 23.2. The molecule has 6 heteroatoms. The molecule has 0 aromatic heterocycles. The number of hydrogen-bond donors (Lipinski definition) is 1. The number of ketones is 1. The zero-order valence-electron chi connectivity index (χ0n) is 18.1. The molecule has 2 rings (SSSR count). The fourth-order valence-corrected chi connectivity index (χ4v) is 5.25. The highest BCUT2D eigenvalue weighted by molar-refractivity contribution is 7.56. The van der Waals surface area contributed by atoms with Crippen LogP contribution in [0.2, 0.25) is 0 Å². The molecule has 0 saturated heterocycles. The van der Waals surface area contributed by atoms with Crippen molar-refractivity contribution in [1.29, 1.82) is 0 Å². The van der Waals surface area contributed by atoms with Crippen molar-refractivity contribution in [2.45, 2.75) is 65.1 Å². The van der Waals surface area contributed by atoms with E-state index in [-0.39, 0.29) is 5.78 Å². The highest BCUT2D eigenvalue weighted by Gasteiger charge is 2.45. The van der Waals surface area contributed by atoms with E-state index in [1.165, 1.54) is 6.92 Å². The lowest BCUT2D eigenvalue weighted by Gasteiger charge is -2.28. The summed E-state index contributed by atoms with van der Waals surface area (Å²) in [6.45, 7) is 11.4. The van der Waals surface area contributed by atoms with Gasteiger partial charge in [-0.3, -0.25) is 4.79 Å². The Morgan fingerprint density at radius 3 is 1.38 bits per heavy atom. The van der Waals surface area contributed by atoms with Crippen LogP contribution in [0.15, 0.2) is 48.5 Å². The third kappa shape index (κ3) is 5.94. The largest absolute Gasteiger partial charge is 0.442 e. The number of benzene rings is 2. The molecule has 2 atom stereocenters. The Morgan fingerprint density at radius 1 is 0.793 bits per heavy atom. The van der Waals surface area contributed by atoms with Gasteiger partial charge in [-0.2, -0.15) is 0 Å². The summed E-state index contributed by atoms with van der Waals surface area (Å²) < 4.78 is 25.5. The van der Waals surface area contributed by atoms with Crippen molar-refractivity contribution < 1.29 is 18.4 Å². The summed E-state index contributed by atoms with van der Waals surface area (Å²) in [4.78, 5) is 12.3. The second kappa shape index (κ2) is 9.60. The van der Waals surface area contributed by atoms with Crippen LogP contribution < -0.4 is 14.8 Å². The van der Waals surface area contributed by atoms with E-state index in [1.807, 2.05) is 24.3 Å². The molecule has 0 aliphatic rings. The maximum Gasteiger partial charge on any atom is 0.442 e. The van der Waals surface area contributed by atoms with Crippen LogP contribution >= 0.6 is 7.60 Å². The van der Waals surface area contributed by atoms with Crippen molar-refractivity contribution in [3.8, 4) is 11.5 Å². The number of rotatable bonds is 9. The average molecular weight is 417 g/mol. The van der Waals surface area contributed by atoms with Gasteiger partial charge < -0.3 is 14.8 Å². The van der Waals surface area contributed by atoms with Crippen LogP contribution in [-0.2, 0) is 9.36 Å². The van der Waals surface area contributed by atoms with Gasteiger partial charge in [0.25, 0.3) is 0 Å². The van der Waals surface area contributed by atoms with E-state index in [0.717, 1.165) is 11.1 Å². The summed E-state index contributed by atoms with van der Waals surface area (Å²) in [6.07, 6.45) is 0. The predicted octanol–water partition coefficient (Wildman–Crippen LogP) is 5.89. The number of nitrogens with two attached hydrogens (primary N) is 1. The monoisotopic (exact) mass is 417 g/mol. The number of carbonyl (C=O) groups excluding carboxylic acids is 1. The number of Topliss-reactive ketones (excluding diaryl/α,β-unsaturated/α-hetero) is 1. The summed E-state index contributed by atoms with van der Waals surface area (Å²) in [7, 11) is -3.94. The molecule has 0 aliphatic heterocycles. The second-order valence-corrected chi connectivity index (χ2v) is 10.1. The van der Waals surface area contributed by atoms with E-state index < -0.39 is 19.3 Å². The SMILES string of the molecule is CC(=O)C(C(C)N)P(=O)(Oc1ccc(C(C)C)cc1)Oc1ccc(C(C)C)cc1. The number of hydrogen-bond acceptors (Lipinski definition) is 5. The van der Waals surface area contributed by atoms with Gasteiger partial charge in [0.2, 0.25) is 0 Å². The van der Waals surface area contributed by atoms with Gasteiger partial charge in [-0.05, 0) is 61.1 Å². The van der Waals surface area contributed by atoms with Crippen molar-refractivity contribution in [3.05, 3.63) is 59.7 Å². The summed E-state index contributed by atoms with van der Waals surface area (Å²) in [6, 6.07) is 13.9. The Balaban J connectivity index is 2.39. The molecule has 0 heterocycles. The van der Waals surface area contributed by atoms with Crippen LogP contribution in [0.4, 0.5) is 0 Å². The van der Waals surface area contributed by atoms with Crippen molar-refractivity contribution in [2.24, 2.45) is 5.73 Å². The normalized spacial score (nSPS) is 14.0. The molecular weight excluding hydrogens is 385 g/mol. The Morgan fingerprint density at radius 2 is 1.14 bits per heavy atom. The lowest BCUT2D eigenvalue weighted by molar-refractivity contribution is -0.117. The first-order valence-electron chi connectivity index (χ1n) is 9.98. The average Bonchev–Trinajstić information content (AvgIpc) is 2.61. The number of carbonyl (C=O) groups is 1. The molecule has 2 N–H and O–H groups in total. The summed E-state index contributed by atoms with van der Waals surface area (Å²) >= 11 is 0. The Kier molecular flexibility index (Phi) is 7.67. The molecule has 0 radical (unpaired) electrons. The van der Waals surface area contributed by atoms with Crippen molar-refractivity contribution in [2.75, 3.05) is 0 Å². The Labute approximate surface area is 174 Å². The van der Waals surface area contributed by atoms with E-state index in [4.69, 9.17) is 14.8 Å². The van der Waals surface area contributed by atoms with Crippen LogP contribution in [0.5, 0.6) is 11.5 Å². The van der Waals surface area contributed by atoms with Gasteiger partial charge in [-0.1, -0.05) is 52.0 Å². The van der Waals surface area contributed by atoms with Gasteiger partial charge >= 0.3 is 7.60 Å². The third-order valence-electron chi connectivity index (χ3n) is 4.81. The first-order chi connectivity index (χ1) is 13.5. The smallest absolute Gasteiger partial charge is 0.416 e. The minimum atomic E-state index is -3.94. The second-order valence-electron chi connectivity index (χ2n) is 8.08. The molecule has 5 nitrogen and oxygen atoms in total. The lowest BCUT2D eigenvalue weighted by atomic mass is 10.0. The van der Waals surface area contributed by atoms with E-state index in [2.05, 4.69) is 27.7 Å². The molecule has 2 unspecified atom stereocenters. The summed E-state index contributed by atoms with van der Waals surface area (Å²) in [5.41, 5.74) is 7.20. The summed E-state index contributed by atoms with van der Waals surface area (Å²) in [5.74, 6) is 1.15. The summed E-state index contributed by atoms with van der Waals surface area (Å²) in [5, 5.41) is 0. The molecule has 0 saturated carbocycles. The molecule has 0 spiro atoms. The molecular formula is C23H32NO4P. The van der Waals surface area contributed by atoms with Gasteiger partial charge in [0.05, 0.1) is 0 Å². The molecule has 158 valence electrons. The maximum atomic E-state index is 13.8. The minimum Gasteiger partial charge on any atom is -0.416 e. The lowest BCUT2D eigenvalue weighted by Crippen LogP contribution is -2.39. The highest BCUT2D eigenvalue weighted by Crippen LogP contribution is 2.54. The highest BCUT2D eigenvalue weighted by atomic mass is 31.2. The van der Waals surface area contributed by atoms with E-state index >= 15 is 0 Å². The van der Waals surface area contributed by atoms with Crippen molar-refractivity contribution in [3.63, 3.8) is 0 Å². The molecule has 2 aromatic rings. The van der Waals surface area contributed by atoms with Crippen LogP contribution in [0.25, 0.3) is 0 Å². The maximum absolute atomic E-state index is 13.8. The zero-order valence-corrected chi connectivity index (χ0v) is 19.0. The molecule has 0 bridgehead atoms. The van der Waals surface area contributed by atoms with E-state index in [1.54, 1.807) is 31.2 Å². The van der Waals surface area contributed by atoms with Gasteiger partial charge in [-0.25, -0.2) is 4.57 Å². The minimum absolute atomic E-state index is 0.332. The van der Waals surface area contributed by atoms with Gasteiger partial charge in [0, 0.05) is 6.04 Å². The quantitative estimate of drug-likeness (QED) is 0.515.